The number of ether oxygens (including phenoxy) is 1. The fourth-order valence-corrected chi connectivity index (χ4v) is 6.39. The van der Waals surface area contributed by atoms with Crippen LogP contribution in [0, 0.1) is 12.7 Å². The van der Waals surface area contributed by atoms with Gasteiger partial charge < -0.3 is 10.1 Å². The van der Waals surface area contributed by atoms with Crippen molar-refractivity contribution < 1.29 is 22.3 Å². The zero-order chi connectivity index (χ0) is 30.2. The molecular weight excluding hydrogens is 583 g/mol. The number of nitrogens with one attached hydrogen (secondary N) is 1. The van der Waals surface area contributed by atoms with Crippen molar-refractivity contribution in [2.24, 2.45) is 0 Å². The summed E-state index contributed by atoms with van der Waals surface area (Å²) in [5, 5.41) is 3.85. The Morgan fingerprint density at radius 1 is 1.19 bits per heavy atom. The minimum Gasteiger partial charge on any atom is -0.459 e. The molecule has 1 N–H and O–H groups in total. The highest BCUT2D eigenvalue weighted by atomic mass is 35.5. The molecule has 0 amide bonds. The van der Waals surface area contributed by atoms with E-state index in [2.05, 4.69) is 20.3 Å². The number of benzene rings is 1. The first kappa shape index (κ1) is 29.9. The molecule has 10 nitrogen and oxygen atoms in total. The summed E-state index contributed by atoms with van der Waals surface area (Å²) in [4.78, 5) is 27.3. The first-order valence-corrected chi connectivity index (χ1v) is 15.3. The summed E-state index contributed by atoms with van der Waals surface area (Å²) in [6, 6.07) is 7.88. The van der Waals surface area contributed by atoms with Gasteiger partial charge in [-0.15, -0.1) is 0 Å². The Hall–Kier alpha value is -3.61. The Kier molecular flexibility index (Phi) is 8.23. The Morgan fingerprint density at radius 3 is 2.64 bits per heavy atom. The van der Waals surface area contributed by atoms with E-state index in [0.29, 0.717) is 22.5 Å². The van der Waals surface area contributed by atoms with Crippen LogP contribution >= 0.6 is 11.6 Å². The molecule has 1 aliphatic heterocycles. The molecule has 0 aliphatic carbocycles. The van der Waals surface area contributed by atoms with Gasteiger partial charge in [0.05, 0.1) is 22.7 Å². The van der Waals surface area contributed by atoms with Crippen molar-refractivity contribution >= 4 is 44.4 Å². The summed E-state index contributed by atoms with van der Waals surface area (Å²) in [7, 11) is -4.03. The molecule has 1 aliphatic rings. The summed E-state index contributed by atoms with van der Waals surface area (Å²) in [6.07, 6.45) is 5.33. The van der Waals surface area contributed by atoms with Crippen LogP contribution in [0.15, 0.2) is 53.8 Å². The van der Waals surface area contributed by atoms with Gasteiger partial charge >= 0.3 is 5.97 Å². The lowest BCUT2D eigenvalue weighted by Gasteiger charge is -2.33. The third-order valence-corrected chi connectivity index (χ3v) is 8.63. The predicted octanol–water partition coefficient (Wildman–Crippen LogP) is 5.05. The van der Waals surface area contributed by atoms with E-state index in [1.807, 2.05) is 32.6 Å². The molecule has 4 heterocycles. The maximum absolute atomic E-state index is 15.0. The summed E-state index contributed by atoms with van der Waals surface area (Å²) >= 11 is 6.23. The van der Waals surface area contributed by atoms with E-state index in [4.69, 9.17) is 16.3 Å². The molecule has 13 heteroatoms. The molecule has 222 valence electrons. The third-order valence-electron chi connectivity index (χ3n) is 6.76. The molecule has 0 bridgehead atoms. The van der Waals surface area contributed by atoms with Crippen molar-refractivity contribution in [1.29, 1.82) is 0 Å². The number of likely N-dealkylation sites (tertiary alicyclic amines) is 1. The van der Waals surface area contributed by atoms with E-state index >= 15 is 0 Å². The summed E-state index contributed by atoms with van der Waals surface area (Å²) in [6.45, 7) is 8.67. The number of halogens is 2. The second-order valence-electron chi connectivity index (χ2n) is 11.4. The van der Waals surface area contributed by atoms with E-state index in [-0.39, 0.29) is 40.7 Å². The minimum absolute atomic E-state index is 0.0265. The van der Waals surface area contributed by atoms with Gasteiger partial charge in [-0.25, -0.2) is 31.7 Å². The van der Waals surface area contributed by atoms with Crippen LogP contribution in [0.2, 0.25) is 5.02 Å². The zero-order valence-electron chi connectivity index (χ0n) is 23.8. The van der Waals surface area contributed by atoms with Gasteiger partial charge in [-0.3, -0.25) is 9.69 Å². The molecule has 1 fully saturated rings. The monoisotopic (exact) mass is 614 g/mol. The number of nitrogens with zero attached hydrogens (tertiary/aromatic N) is 5. The number of anilines is 1. The number of carbonyl (C=O) groups excluding carboxylic acids is 1. The second kappa shape index (κ2) is 11.6. The number of carbonyl (C=O) groups is 1. The number of esters is 1. The van der Waals surface area contributed by atoms with Crippen molar-refractivity contribution in [3.63, 3.8) is 0 Å². The molecule has 1 saturated heterocycles. The van der Waals surface area contributed by atoms with Crippen molar-refractivity contribution in [3.8, 4) is 11.4 Å². The number of fused-ring (bicyclic) bond motifs is 1. The van der Waals surface area contributed by atoms with Gasteiger partial charge in [-0.05, 0) is 65.3 Å². The van der Waals surface area contributed by atoms with Gasteiger partial charge in [0, 0.05) is 35.9 Å². The summed E-state index contributed by atoms with van der Waals surface area (Å²) in [5.74, 6) is -0.897. The van der Waals surface area contributed by atoms with Gasteiger partial charge in [0.25, 0.3) is 10.0 Å². The number of pyridine rings is 1. The summed E-state index contributed by atoms with van der Waals surface area (Å²) in [5.41, 5.74) is 0.812. The molecule has 0 saturated carbocycles. The molecule has 1 atom stereocenters. The van der Waals surface area contributed by atoms with Crippen LogP contribution in [0.3, 0.4) is 0 Å². The molecular formula is C29H32ClFN6O4S. The van der Waals surface area contributed by atoms with Crippen molar-refractivity contribution in [2.45, 2.75) is 57.1 Å². The molecule has 3 aromatic heterocycles. The van der Waals surface area contributed by atoms with E-state index in [1.165, 1.54) is 24.5 Å². The highest BCUT2D eigenvalue weighted by Crippen LogP contribution is 2.33. The molecule has 0 radical (unpaired) electrons. The van der Waals surface area contributed by atoms with E-state index in [9.17, 15) is 17.6 Å². The normalized spacial score (nSPS) is 16.5. The maximum atomic E-state index is 15.0. The largest absolute Gasteiger partial charge is 0.459 e. The number of aromatic nitrogens is 4. The topological polar surface area (TPSA) is 119 Å². The average molecular weight is 615 g/mol. The van der Waals surface area contributed by atoms with Crippen molar-refractivity contribution in [1.82, 2.24) is 23.8 Å². The lowest BCUT2D eigenvalue weighted by Crippen LogP contribution is -2.45. The highest BCUT2D eigenvalue weighted by molar-refractivity contribution is 7.90. The van der Waals surface area contributed by atoms with Gasteiger partial charge in [0.15, 0.2) is 23.1 Å². The molecule has 4 aromatic rings. The van der Waals surface area contributed by atoms with Gasteiger partial charge in [-0.1, -0.05) is 29.3 Å². The van der Waals surface area contributed by atoms with Crippen LogP contribution in [0.1, 0.15) is 39.2 Å². The molecule has 0 spiro atoms. The summed E-state index contributed by atoms with van der Waals surface area (Å²) < 4.78 is 48.6. The quantitative estimate of drug-likeness (QED) is 0.285. The predicted molar refractivity (Wildman–Crippen MR) is 158 cm³/mol. The van der Waals surface area contributed by atoms with Crippen LogP contribution < -0.4 is 5.32 Å². The van der Waals surface area contributed by atoms with Gasteiger partial charge in [-0.2, -0.15) is 0 Å². The lowest BCUT2D eigenvalue weighted by atomic mass is 10.1. The van der Waals surface area contributed by atoms with Gasteiger partial charge in [0.1, 0.15) is 5.60 Å². The Labute approximate surface area is 248 Å². The van der Waals surface area contributed by atoms with Crippen molar-refractivity contribution in [3.05, 3.63) is 65.3 Å². The number of aryl methyl sites for hydroxylation is 1. The van der Waals surface area contributed by atoms with Crippen LogP contribution in [-0.2, 0) is 19.6 Å². The Balaban J connectivity index is 1.45. The standard InChI is InChI=1S/C29H32ClFN6O4S/c1-18-7-9-21(10-8-18)42(39,40)37-16-23(22-12-19(30)13-33-28(22)37)26-32-14-24(31)27(35-26)34-20-6-5-11-36(15-20)17-25(38)41-29(2,3)4/h7-10,12-14,16,20H,5-6,11,15,17H2,1-4H3,(H,32,34,35)/t20-/m0/s1. The molecule has 42 heavy (non-hydrogen) atoms. The Morgan fingerprint density at radius 2 is 1.93 bits per heavy atom. The Bertz CT molecular complexity index is 1740. The fraction of sp³-hybridized carbons (Fsp3) is 0.379. The number of hydrogen-bond acceptors (Lipinski definition) is 9. The minimum atomic E-state index is -4.03. The van der Waals surface area contributed by atoms with E-state index in [0.717, 1.165) is 35.1 Å². The average Bonchev–Trinajstić information content (AvgIpc) is 3.29. The van der Waals surface area contributed by atoms with Crippen LogP contribution in [-0.4, -0.2) is 69.5 Å². The van der Waals surface area contributed by atoms with Crippen LogP contribution in [0.4, 0.5) is 10.2 Å². The first-order chi connectivity index (χ1) is 19.8. The van der Waals surface area contributed by atoms with Gasteiger partial charge in [0.2, 0.25) is 0 Å². The number of rotatable bonds is 7. The smallest absolute Gasteiger partial charge is 0.320 e. The van der Waals surface area contributed by atoms with E-state index < -0.39 is 21.4 Å². The molecule has 1 aromatic carbocycles. The molecule has 5 rings (SSSR count). The third kappa shape index (κ3) is 6.55. The van der Waals surface area contributed by atoms with Crippen LogP contribution in [0.5, 0.6) is 0 Å². The number of piperidine rings is 1. The lowest BCUT2D eigenvalue weighted by molar-refractivity contribution is -0.156. The van der Waals surface area contributed by atoms with Crippen LogP contribution in [0.25, 0.3) is 22.4 Å². The van der Waals surface area contributed by atoms with E-state index in [1.54, 1.807) is 18.2 Å². The van der Waals surface area contributed by atoms with Crippen molar-refractivity contribution in [2.75, 3.05) is 25.0 Å². The number of hydrogen-bond donors (Lipinski definition) is 1. The second-order valence-corrected chi connectivity index (χ2v) is 13.6. The maximum Gasteiger partial charge on any atom is 0.320 e. The first-order valence-electron chi connectivity index (χ1n) is 13.5. The fourth-order valence-electron chi connectivity index (χ4n) is 4.90. The SMILES string of the molecule is Cc1ccc(S(=O)(=O)n2cc(-c3ncc(F)c(N[C@H]4CCCN(CC(=O)OC(C)(C)C)C4)n3)c3cc(Cl)cnc32)cc1. The zero-order valence-corrected chi connectivity index (χ0v) is 25.3. The molecule has 0 unspecified atom stereocenters. The highest BCUT2D eigenvalue weighted by Gasteiger charge is 2.27.